The number of amides is 1. The molecule has 1 atom stereocenters. The molecule has 0 spiro atoms. The Labute approximate surface area is 141 Å². The smallest absolute Gasteiger partial charge is 0.262 e. The zero-order valence-corrected chi connectivity index (χ0v) is 14.0. The molecule has 1 unspecified atom stereocenters. The maximum absolute atomic E-state index is 13.2. The second kappa shape index (κ2) is 6.73. The van der Waals surface area contributed by atoms with Gasteiger partial charge >= 0.3 is 0 Å². The number of halogens is 3. The number of hydrogen-bond acceptors (Lipinski definition) is 2. The van der Waals surface area contributed by atoms with Crippen LogP contribution in [0.1, 0.15) is 31.7 Å². The third kappa shape index (κ3) is 3.83. The van der Waals surface area contributed by atoms with Crippen molar-refractivity contribution in [1.29, 1.82) is 0 Å². The van der Waals surface area contributed by atoms with E-state index in [4.69, 9.17) is 0 Å². The number of likely N-dealkylation sites (tertiary alicyclic amines) is 1. The number of carbonyl (C=O) groups excluding carboxylic acids is 1. The first kappa shape index (κ1) is 18.1. The van der Waals surface area contributed by atoms with Crippen molar-refractivity contribution in [1.82, 2.24) is 10.2 Å². The molecule has 1 aromatic carbocycles. The van der Waals surface area contributed by atoms with E-state index in [-0.39, 0.29) is 36.7 Å². The highest BCUT2D eigenvalue weighted by atomic mass is 35.5. The molecule has 6 heteroatoms. The third-order valence-electron chi connectivity index (χ3n) is 5.06. The third-order valence-corrected chi connectivity index (χ3v) is 5.06. The number of carbonyl (C=O) groups is 1. The molecular weight excluding hydrogens is 322 g/mol. The maximum Gasteiger partial charge on any atom is 0.262 e. The lowest BCUT2D eigenvalue weighted by Gasteiger charge is -2.40. The van der Waals surface area contributed by atoms with Gasteiger partial charge < -0.3 is 4.90 Å². The number of rotatable bonds is 2. The van der Waals surface area contributed by atoms with E-state index in [1.165, 1.54) is 5.56 Å². The van der Waals surface area contributed by atoms with Gasteiger partial charge in [-0.3, -0.25) is 10.1 Å². The van der Waals surface area contributed by atoms with Crippen molar-refractivity contribution < 1.29 is 13.6 Å². The summed E-state index contributed by atoms with van der Waals surface area (Å²) in [6.45, 7) is 3.09. The highest BCUT2D eigenvalue weighted by Gasteiger charge is 2.44. The van der Waals surface area contributed by atoms with E-state index in [1.807, 2.05) is 18.2 Å². The molecule has 2 heterocycles. The SMILES string of the molecule is CC1(c2ccccc2)CCN(C(=O)C2CC(F)(F)CN2)CC1.Cl. The Kier molecular flexibility index (Phi) is 5.31. The summed E-state index contributed by atoms with van der Waals surface area (Å²) in [6.07, 6.45) is 1.36. The minimum absolute atomic E-state index is 0. The summed E-state index contributed by atoms with van der Waals surface area (Å²) < 4.78 is 26.5. The van der Waals surface area contributed by atoms with Crippen LogP contribution in [0.5, 0.6) is 0 Å². The van der Waals surface area contributed by atoms with Crippen LogP contribution in [0, 0.1) is 0 Å². The molecule has 0 aromatic heterocycles. The normalized spacial score (nSPS) is 25.7. The second-order valence-corrected chi connectivity index (χ2v) is 6.75. The van der Waals surface area contributed by atoms with Crippen molar-refractivity contribution >= 4 is 18.3 Å². The number of benzene rings is 1. The van der Waals surface area contributed by atoms with E-state index in [0.717, 1.165) is 12.8 Å². The average Bonchev–Trinajstić information content (AvgIpc) is 2.88. The molecule has 2 fully saturated rings. The Morgan fingerprint density at radius 3 is 2.35 bits per heavy atom. The van der Waals surface area contributed by atoms with Gasteiger partial charge in [0, 0.05) is 19.5 Å². The van der Waals surface area contributed by atoms with Crippen LogP contribution in [0.3, 0.4) is 0 Å². The summed E-state index contributed by atoms with van der Waals surface area (Å²) in [5.41, 5.74) is 1.35. The fourth-order valence-corrected chi connectivity index (χ4v) is 3.46. The molecule has 2 aliphatic rings. The molecule has 0 saturated carbocycles. The van der Waals surface area contributed by atoms with Gasteiger partial charge in [-0.05, 0) is 23.8 Å². The van der Waals surface area contributed by atoms with Crippen LogP contribution in [0.2, 0.25) is 0 Å². The summed E-state index contributed by atoms with van der Waals surface area (Å²) in [6, 6.07) is 9.58. The lowest BCUT2D eigenvalue weighted by Crippen LogP contribution is -2.49. The van der Waals surface area contributed by atoms with Crippen molar-refractivity contribution in [2.24, 2.45) is 0 Å². The summed E-state index contributed by atoms with van der Waals surface area (Å²) in [5.74, 6) is -2.93. The van der Waals surface area contributed by atoms with Crippen molar-refractivity contribution in [2.75, 3.05) is 19.6 Å². The van der Waals surface area contributed by atoms with Gasteiger partial charge in [-0.25, -0.2) is 8.78 Å². The highest BCUT2D eigenvalue weighted by Crippen LogP contribution is 2.35. The number of nitrogens with one attached hydrogen (secondary N) is 1. The van der Waals surface area contributed by atoms with Gasteiger partial charge in [0.25, 0.3) is 5.92 Å². The van der Waals surface area contributed by atoms with Gasteiger partial charge in [-0.15, -0.1) is 12.4 Å². The quantitative estimate of drug-likeness (QED) is 0.894. The predicted octanol–water partition coefficient (Wildman–Crippen LogP) is 2.99. The molecule has 2 saturated heterocycles. The van der Waals surface area contributed by atoms with Gasteiger partial charge in [0.15, 0.2) is 0 Å². The lowest BCUT2D eigenvalue weighted by molar-refractivity contribution is -0.135. The van der Waals surface area contributed by atoms with E-state index in [0.29, 0.717) is 13.1 Å². The molecule has 1 amide bonds. The summed E-state index contributed by atoms with van der Waals surface area (Å²) in [4.78, 5) is 14.1. The van der Waals surface area contributed by atoms with Crippen LogP contribution < -0.4 is 5.32 Å². The molecule has 3 rings (SSSR count). The minimum Gasteiger partial charge on any atom is -0.341 e. The first-order valence-corrected chi connectivity index (χ1v) is 7.85. The summed E-state index contributed by atoms with van der Waals surface area (Å²) in [5, 5.41) is 2.66. The largest absolute Gasteiger partial charge is 0.341 e. The van der Waals surface area contributed by atoms with Crippen LogP contribution in [0.15, 0.2) is 30.3 Å². The van der Waals surface area contributed by atoms with Gasteiger partial charge in [0.05, 0.1) is 12.6 Å². The van der Waals surface area contributed by atoms with E-state index >= 15 is 0 Å². The fourth-order valence-electron chi connectivity index (χ4n) is 3.46. The van der Waals surface area contributed by atoms with Crippen LogP contribution in [0.4, 0.5) is 8.78 Å². The Hall–Kier alpha value is -1.20. The Morgan fingerprint density at radius 1 is 1.22 bits per heavy atom. The molecule has 0 aliphatic carbocycles. The monoisotopic (exact) mass is 344 g/mol. The Bertz CT molecular complexity index is 545. The van der Waals surface area contributed by atoms with Crippen LogP contribution in [-0.4, -0.2) is 42.4 Å². The molecule has 1 aromatic rings. The lowest BCUT2D eigenvalue weighted by atomic mass is 9.74. The van der Waals surface area contributed by atoms with Gasteiger partial charge in [0.2, 0.25) is 5.91 Å². The van der Waals surface area contributed by atoms with Crippen LogP contribution >= 0.6 is 12.4 Å². The van der Waals surface area contributed by atoms with Crippen molar-refractivity contribution in [3.05, 3.63) is 35.9 Å². The number of nitrogens with zero attached hydrogens (tertiary/aromatic N) is 1. The molecular formula is C17H23ClF2N2O. The molecule has 3 nitrogen and oxygen atoms in total. The summed E-state index contributed by atoms with van der Waals surface area (Å²) >= 11 is 0. The van der Waals surface area contributed by atoms with E-state index in [9.17, 15) is 13.6 Å². The molecule has 0 radical (unpaired) electrons. The standard InChI is InChI=1S/C17H22F2N2O.ClH/c1-16(13-5-3-2-4-6-13)7-9-21(10-8-16)15(22)14-11-17(18,19)12-20-14;/h2-6,14,20H,7-12H2,1H3;1H. The highest BCUT2D eigenvalue weighted by molar-refractivity contribution is 5.85. The second-order valence-electron chi connectivity index (χ2n) is 6.75. The van der Waals surface area contributed by atoms with E-state index in [2.05, 4.69) is 24.4 Å². The Balaban J connectivity index is 0.00000192. The molecule has 0 bridgehead atoms. The van der Waals surface area contributed by atoms with Gasteiger partial charge in [0.1, 0.15) is 0 Å². The van der Waals surface area contributed by atoms with Crippen molar-refractivity contribution in [3.8, 4) is 0 Å². The van der Waals surface area contributed by atoms with E-state index in [1.54, 1.807) is 4.90 Å². The number of hydrogen-bond donors (Lipinski definition) is 1. The van der Waals surface area contributed by atoms with E-state index < -0.39 is 12.0 Å². The Morgan fingerprint density at radius 2 is 1.83 bits per heavy atom. The first-order chi connectivity index (χ1) is 10.4. The van der Waals surface area contributed by atoms with Crippen LogP contribution in [0.25, 0.3) is 0 Å². The average molecular weight is 345 g/mol. The van der Waals surface area contributed by atoms with Crippen LogP contribution in [-0.2, 0) is 10.2 Å². The molecule has 128 valence electrons. The van der Waals surface area contributed by atoms with Crippen molar-refractivity contribution in [3.63, 3.8) is 0 Å². The topological polar surface area (TPSA) is 32.3 Å². The minimum atomic E-state index is -2.76. The zero-order chi connectivity index (χ0) is 15.8. The van der Waals surface area contributed by atoms with Gasteiger partial charge in [-0.2, -0.15) is 0 Å². The summed E-state index contributed by atoms with van der Waals surface area (Å²) in [7, 11) is 0. The number of alkyl halides is 2. The molecule has 23 heavy (non-hydrogen) atoms. The van der Waals surface area contributed by atoms with Crippen molar-refractivity contribution in [2.45, 2.75) is 43.6 Å². The predicted molar refractivity (Wildman–Crippen MR) is 88.2 cm³/mol. The maximum atomic E-state index is 13.2. The van der Waals surface area contributed by atoms with Gasteiger partial charge in [-0.1, -0.05) is 37.3 Å². The zero-order valence-electron chi connectivity index (χ0n) is 13.2. The fraction of sp³-hybridized carbons (Fsp3) is 0.588. The number of piperidine rings is 1. The first-order valence-electron chi connectivity index (χ1n) is 7.85. The molecule has 2 aliphatic heterocycles. The molecule has 1 N–H and O–H groups in total.